The minimum atomic E-state index is -0.369. The Bertz CT molecular complexity index is 609. The molecule has 22 heavy (non-hydrogen) atoms. The summed E-state index contributed by atoms with van der Waals surface area (Å²) in [7, 11) is 1.70. The molecule has 0 spiro atoms. The van der Waals surface area contributed by atoms with Gasteiger partial charge in [0.2, 0.25) is 0 Å². The van der Waals surface area contributed by atoms with Crippen LogP contribution in [0, 0.1) is 6.92 Å². The van der Waals surface area contributed by atoms with Crippen molar-refractivity contribution in [2.45, 2.75) is 39.3 Å². The average Bonchev–Trinajstić information content (AvgIpc) is 2.91. The van der Waals surface area contributed by atoms with E-state index in [0.29, 0.717) is 19.8 Å². The molecule has 6 heteroatoms. The molecule has 0 radical (unpaired) electrons. The molecule has 2 rings (SSSR count). The maximum atomic E-state index is 12.4. The lowest BCUT2D eigenvalue weighted by Gasteiger charge is -2.19. The van der Waals surface area contributed by atoms with Crippen LogP contribution in [0.5, 0.6) is 0 Å². The topological polar surface area (TPSA) is 69.6 Å². The van der Waals surface area contributed by atoms with E-state index in [0.717, 1.165) is 17.7 Å². The van der Waals surface area contributed by atoms with Gasteiger partial charge in [-0.25, -0.2) is 0 Å². The number of pyridine rings is 1. The number of rotatable bonds is 5. The van der Waals surface area contributed by atoms with Crippen LogP contribution >= 0.6 is 0 Å². The fourth-order valence-corrected chi connectivity index (χ4v) is 2.90. The first kappa shape index (κ1) is 16.7. The first-order chi connectivity index (χ1) is 10.5. The van der Waals surface area contributed by atoms with Gasteiger partial charge in [-0.05, 0) is 31.9 Å². The van der Waals surface area contributed by atoms with Crippen molar-refractivity contribution in [1.29, 1.82) is 0 Å². The summed E-state index contributed by atoms with van der Waals surface area (Å²) in [6.07, 6.45) is 0.594. The highest BCUT2D eigenvalue weighted by Gasteiger charge is 2.31. The normalized spacial score (nSPS) is 21.1. The largest absolute Gasteiger partial charge is 0.376 e. The third-order valence-corrected chi connectivity index (χ3v) is 4.06. The quantitative estimate of drug-likeness (QED) is 0.873. The predicted octanol–water partition coefficient (Wildman–Crippen LogP) is 0.790. The summed E-state index contributed by atoms with van der Waals surface area (Å²) in [5.74, 6) is -0.369. The number of hydrogen-bond acceptors (Lipinski definition) is 4. The minimum Gasteiger partial charge on any atom is -0.376 e. The molecule has 2 atom stereocenters. The molecule has 1 amide bonds. The van der Waals surface area contributed by atoms with E-state index in [1.165, 1.54) is 0 Å². The summed E-state index contributed by atoms with van der Waals surface area (Å²) in [5, 5.41) is 2.86. The molecule has 6 nitrogen and oxygen atoms in total. The van der Waals surface area contributed by atoms with Gasteiger partial charge in [0.1, 0.15) is 11.7 Å². The van der Waals surface area contributed by atoms with Crippen LogP contribution in [0.15, 0.2) is 10.9 Å². The minimum absolute atomic E-state index is 0.159. The summed E-state index contributed by atoms with van der Waals surface area (Å²) in [6.45, 7) is 7.24. The highest BCUT2D eigenvalue weighted by molar-refractivity contribution is 5.94. The first-order valence-electron chi connectivity index (χ1n) is 7.69. The third kappa shape index (κ3) is 3.23. The van der Waals surface area contributed by atoms with Crippen molar-refractivity contribution in [1.82, 2.24) is 9.88 Å². The Kier molecular flexibility index (Phi) is 5.37. The average molecular weight is 308 g/mol. The lowest BCUT2D eigenvalue weighted by atomic mass is 10.1. The second-order valence-electron chi connectivity index (χ2n) is 5.52. The molecule has 2 heterocycles. The van der Waals surface area contributed by atoms with E-state index in [1.807, 2.05) is 20.8 Å². The molecule has 0 bridgehead atoms. The monoisotopic (exact) mass is 308 g/mol. The van der Waals surface area contributed by atoms with Crippen molar-refractivity contribution < 1.29 is 14.3 Å². The standard InChI is InChI=1S/C16H24N2O4/c1-5-13-10(3)7-11(16(20)18(13)4)15(19)17-12-8-21-9-14(12)22-6-2/h7,12,14H,5-6,8-9H2,1-4H3,(H,17,19)/t12-,14-/m0/s1. The summed E-state index contributed by atoms with van der Waals surface area (Å²) in [5.41, 5.74) is 1.78. The molecular formula is C16H24N2O4. The number of aromatic nitrogens is 1. The first-order valence-corrected chi connectivity index (χ1v) is 7.69. The molecule has 1 fully saturated rings. The third-order valence-electron chi connectivity index (χ3n) is 4.06. The highest BCUT2D eigenvalue weighted by Crippen LogP contribution is 2.12. The van der Waals surface area contributed by atoms with Crippen molar-refractivity contribution in [3.8, 4) is 0 Å². The van der Waals surface area contributed by atoms with Crippen LogP contribution < -0.4 is 10.9 Å². The van der Waals surface area contributed by atoms with E-state index < -0.39 is 0 Å². The number of hydrogen-bond donors (Lipinski definition) is 1. The van der Waals surface area contributed by atoms with E-state index in [2.05, 4.69) is 5.32 Å². The van der Waals surface area contributed by atoms with Crippen molar-refractivity contribution >= 4 is 5.91 Å². The Hall–Kier alpha value is -1.66. The van der Waals surface area contributed by atoms with Gasteiger partial charge in [0.05, 0.1) is 19.3 Å². The van der Waals surface area contributed by atoms with Crippen molar-refractivity contribution in [3.63, 3.8) is 0 Å². The summed E-state index contributed by atoms with van der Waals surface area (Å²) in [6, 6.07) is 1.45. The number of carbonyl (C=O) groups excluding carboxylic acids is 1. The Labute approximate surface area is 130 Å². The van der Waals surface area contributed by atoms with E-state index >= 15 is 0 Å². The van der Waals surface area contributed by atoms with Crippen molar-refractivity contribution in [3.05, 3.63) is 33.2 Å². The van der Waals surface area contributed by atoms with Gasteiger partial charge in [0.15, 0.2) is 0 Å². The Balaban J connectivity index is 2.22. The van der Waals surface area contributed by atoms with Crippen molar-refractivity contribution in [2.75, 3.05) is 19.8 Å². The van der Waals surface area contributed by atoms with E-state index in [-0.39, 0.29) is 29.2 Å². The van der Waals surface area contributed by atoms with Gasteiger partial charge >= 0.3 is 0 Å². The number of aryl methyl sites for hydroxylation is 1. The Morgan fingerprint density at radius 1 is 1.45 bits per heavy atom. The number of nitrogens with one attached hydrogen (secondary N) is 1. The molecule has 122 valence electrons. The van der Waals surface area contributed by atoms with Crippen LogP contribution in [0.25, 0.3) is 0 Å². The SMILES string of the molecule is CCO[C@H]1COC[C@@H]1NC(=O)c1cc(C)c(CC)n(C)c1=O. The number of ether oxygens (including phenoxy) is 2. The van der Waals surface area contributed by atoms with Gasteiger partial charge in [-0.3, -0.25) is 9.59 Å². The van der Waals surface area contributed by atoms with Crippen LogP contribution in [0.1, 0.15) is 35.5 Å². The van der Waals surface area contributed by atoms with E-state index in [4.69, 9.17) is 9.47 Å². The predicted molar refractivity (Wildman–Crippen MR) is 83.3 cm³/mol. The number of nitrogens with zero attached hydrogens (tertiary/aromatic N) is 1. The van der Waals surface area contributed by atoms with Gasteiger partial charge in [-0.2, -0.15) is 0 Å². The molecule has 0 aromatic carbocycles. The van der Waals surface area contributed by atoms with Crippen LogP contribution in [0.3, 0.4) is 0 Å². The molecular weight excluding hydrogens is 284 g/mol. The van der Waals surface area contributed by atoms with E-state index in [9.17, 15) is 9.59 Å². The van der Waals surface area contributed by atoms with Crippen LogP contribution in [-0.4, -0.2) is 42.4 Å². The number of amides is 1. The second-order valence-corrected chi connectivity index (χ2v) is 5.52. The van der Waals surface area contributed by atoms with Gasteiger partial charge in [-0.1, -0.05) is 6.92 Å². The zero-order valence-corrected chi connectivity index (χ0v) is 13.6. The van der Waals surface area contributed by atoms with Gasteiger partial charge in [-0.15, -0.1) is 0 Å². The van der Waals surface area contributed by atoms with Gasteiger partial charge in [0, 0.05) is 19.3 Å². The smallest absolute Gasteiger partial charge is 0.263 e. The Morgan fingerprint density at radius 2 is 2.18 bits per heavy atom. The second kappa shape index (κ2) is 7.07. The molecule has 1 aliphatic heterocycles. The summed E-state index contributed by atoms with van der Waals surface area (Å²) < 4.78 is 12.4. The fraction of sp³-hybridized carbons (Fsp3) is 0.625. The lowest BCUT2D eigenvalue weighted by Crippen LogP contribution is -2.45. The zero-order chi connectivity index (χ0) is 16.3. The zero-order valence-electron chi connectivity index (χ0n) is 13.6. The van der Waals surface area contributed by atoms with Crippen LogP contribution in [0.4, 0.5) is 0 Å². The molecule has 1 aliphatic rings. The molecule has 1 aromatic heterocycles. The molecule has 1 aromatic rings. The number of carbonyl (C=O) groups is 1. The maximum absolute atomic E-state index is 12.4. The van der Waals surface area contributed by atoms with Gasteiger partial charge in [0.25, 0.3) is 11.5 Å². The molecule has 0 unspecified atom stereocenters. The van der Waals surface area contributed by atoms with Gasteiger partial charge < -0.3 is 19.4 Å². The Morgan fingerprint density at radius 3 is 2.82 bits per heavy atom. The summed E-state index contributed by atoms with van der Waals surface area (Å²) in [4.78, 5) is 24.8. The van der Waals surface area contributed by atoms with Crippen LogP contribution in [-0.2, 0) is 22.9 Å². The fourth-order valence-electron chi connectivity index (χ4n) is 2.90. The summed E-state index contributed by atoms with van der Waals surface area (Å²) >= 11 is 0. The van der Waals surface area contributed by atoms with Crippen LogP contribution in [0.2, 0.25) is 0 Å². The highest BCUT2D eigenvalue weighted by atomic mass is 16.5. The van der Waals surface area contributed by atoms with E-state index in [1.54, 1.807) is 17.7 Å². The lowest BCUT2D eigenvalue weighted by molar-refractivity contribution is 0.0402. The van der Waals surface area contributed by atoms with Crippen molar-refractivity contribution in [2.24, 2.45) is 7.05 Å². The molecule has 0 saturated carbocycles. The maximum Gasteiger partial charge on any atom is 0.263 e. The molecule has 0 aliphatic carbocycles. The molecule has 1 N–H and O–H groups in total. The molecule has 1 saturated heterocycles.